The third kappa shape index (κ3) is 4.47. The predicted octanol–water partition coefficient (Wildman–Crippen LogP) is -0.590. The van der Waals surface area contributed by atoms with Crippen LogP contribution in [0.25, 0.3) is 0 Å². The molecule has 0 aromatic carbocycles. The average Bonchev–Trinajstić information content (AvgIpc) is 2.35. The Morgan fingerprint density at radius 1 is 1.11 bits per heavy atom. The van der Waals surface area contributed by atoms with Crippen LogP contribution in [0.1, 0.15) is 13.3 Å². The number of hydrogen-bond donors (Lipinski definition) is 1. The summed E-state index contributed by atoms with van der Waals surface area (Å²) in [6.07, 6.45) is 0.846. The smallest absolute Gasteiger partial charge is 0.282 e. The fraction of sp³-hybridized carbons (Fsp3) is 1.00. The largest absolute Gasteiger partial charge is 0.314 e. The molecule has 6 nitrogen and oxygen atoms in total. The summed E-state index contributed by atoms with van der Waals surface area (Å²) in [5.41, 5.74) is 0. The van der Waals surface area contributed by atoms with Gasteiger partial charge in [-0.15, -0.1) is 0 Å². The molecular formula is C11H26N4O2S. The molecule has 1 N–H and O–H groups in total. The zero-order valence-electron chi connectivity index (χ0n) is 11.7. The second-order valence-electron chi connectivity index (χ2n) is 4.86. The molecule has 0 aliphatic carbocycles. The molecule has 0 radical (unpaired) electrons. The number of hydrogen-bond acceptors (Lipinski definition) is 4. The Hall–Kier alpha value is -0.210. The molecule has 1 aliphatic heterocycles. The van der Waals surface area contributed by atoms with Gasteiger partial charge in [-0.25, -0.2) is 0 Å². The summed E-state index contributed by atoms with van der Waals surface area (Å²) in [6.45, 7) is 6.56. The number of rotatable bonds is 7. The Kier molecular flexibility index (Phi) is 6.51. The Bertz CT molecular complexity index is 326. The summed E-state index contributed by atoms with van der Waals surface area (Å²) in [7, 11) is 0.638. The highest BCUT2D eigenvalue weighted by atomic mass is 32.2. The van der Waals surface area contributed by atoms with E-state index < -0.39 is 10.2 Å². The summed E-state index contributed by atoms with van der Waals surface area (Å²) in [6, 6.07) is 0. The van der Waals surface area contributed by atoms with Crippen LogP contribution >= 0.6 is 0 Å². The molecule has 1 aliphatic rings. The zero-order chi connectivity index (χ0) is 13.6. The van der Waals surface area contributed by atoms with Crippen LogP contribution in [0, 0.1) is 0 Å². The van der Waals surface area contributed by atoms with Gasteiger partial charge in [-0.05, 0) is 20.5 Å². The SMILES string of the molecule is CCCN(CCN(C)C)S(=O)(=O)N1CCNCC1. The van der Waals surface area contributed by atoms with E-state index in [0.29, 0.717) is 26.2 Å². The number of nitrogens with zero attached hydrogens (tertiary/aromatic N) is 3. The van der Waals surface area contributed by atoms with Crippen LogP contribution < -0.4 is 5.32 Å². The van der Waals surface area contributed by atoms with Crippen LogP contribution in [-0.2, 0) is 10.2 Å². The highest BCUT2D eigenvalue weighted by molar-refractivity contribution is 7.86. The molecule has 0 aromatic rings. The summed E-state index contributed by atoms with van der Waals surface area (Å²) >= 11 is 0. The molecule has 18 heavy (non-hydrogen) atoms. The first kappa shape index (κ1) is 15.8. The number of nitrogens with one attached hydrogen (secondary N) is 1. The summed E-state index contributed by atoms with van der Waals surface area (Å²) in [4.78, 5) is 2.01. The van der Waals surface area contributed by atoms with Gasteiger partial charge < -0.3 is 10.2 Å². The first-order valence-electron chi connectivity index (χ1n) is 6.59. The van der Waals surface area contributed by atoms with Crippen LogP contribution in [0.2, 0.25) is 0 Å². The van der Waals surface area contributed by atoms with Crippen molar-refractivity contribution in [3.05, 3.63) is 0 Å². The molecular weight excluding hydrogens is 252 g/mol. The van der Waals surface area contributed by atoms with Crippen molar-refractivity contribution in [1.29, 1.82) is 0 Å². The van der Waals surface area contributed by atoms with E-state index in [1.165, 1.54) is 0 Å². The van der Waals surface area contributed by atoms with E-state index in [9.17, 15) is 8.42 Å². The Labute approximate surface area is 111 Å². The standard InChI is InChI=1S/C11H26N4O2S/c1-4-7-14(11-10-13(2)3)18(16,17)15-8-5-12-6-9-15/h12H,4-11H2,1-3H3. The normalized spacial score (nSPS) is 18.7. The summed E-state index contributed by atoms with van der Waals surface area (Å²) in [5, 5.41) is 3.18. The summed E-state index contributed by atoms with van der Waals surface area (Å²) in [5.74, 6) is 0. The average molecular weight is 278 g/mol. The number of likely N-dealkylation sites (N-methyl/N-ethyl adjacent to an activating group) is 1. The second kappa shape index (κ2) is 7.40. The van der Waals surface area contributed by atoms with Gasteiger partial charge in [-0.1, -0.05) is 6.92 Å². The molecule has 1 fully saturated rings. The quantitative estimate of drug-likeness (QED) is 0.676. The maximum atomic E-state index is 12.5. The van der Waals surface area contributed by atoms with Gasteiger partial charge >= 0.3 is 0 Å². The van der Waals surface area contributed by atoms with E-state index in [1.807, 2.05) is 25.9 Å². The minimum atomic E-state index is -3.28. The van der Waals surface area contributed by atoms with Crippen molar-refractivity contribution >= 4 is 10.2 Å². The van der Waals surface area contributed by atoms with Gasteiger partial charge in [0.2, 0.25) is 0 Å². The molecule has 1 saturated heterocycles. The lowest BCUT2D eigenvalue weighted by atomic mass is 10.4. The van der Waals surface area contributed by atoms with Crippen molar-refractivity contribution in [2.75, 3.05) is 59.9 Å². The second-order valence-corrected chi connectivity index (χ2v) is 6.79. The van der Waals surface area contributed by atoms with E-state index in [1.54, 1.807) is 8.61 Å². The van der Waals surface area contributed by atoms with Crippen molar-refractivity contribution in [2.24, 2.45) is 0 Å². The van der Waals surface area contributed by atoms with Gasteiger partial charge in [0.25, 0.3) is 10.2 Å². The third-order valence-electron chi connectivity index (χ3n) is 3.00. The molecule has 0 amide bonds. The lowest BCUT2D eigenvalue weighted by molar-refractivity contribution is 0.289. The highest BCUT2D eigenvalue weighted by Gasteiger charge is 2.29. The van der Waals surface area contributed by atoms with Gasteiger partial charge in [0.05, 0.1) is 0 Å². The maximum absolute atomic E-state index is 12.5. The molecule has 0 bridgehead atoms. The van der Waals surface area contributed by atoms with Crippen molar-refractivity contribution in [3.8, 4) is 0 Å². The Morgan fingerprint density at radius 2 is 1.72 bits per heavy atom. The Balaban J connectivity index is 2.68. The minimum absolute atomic E-state index is 0.563. The first-order chi connectivity index (χ1) is 8.48. The van der Waals surface area contributed by atoms with Crippen LogP contribution in [0.4, 0.5) is 0 Å². The predicted molar refractivity (Wildman–Crippen MR) is 73.8 cm³/mol. The van der Waals surface area contributed by atoms with Crippen LogP contribution in [0.15, 0.2) is 0 Å². The maximum Gasteiger partial charge on any atom is 0.282 e. The van der Waals surface area contributed by atoms with E-state index in [-0.39, 0.29) is 0 Å². The minimum Gasteiger partial charge on any atom is -0.314 e. The molecule has 0 atom stereocenters. The monoisotopic (exact) mass is 278 g/mol. The third-order valence-corrected chi connectivity index (χ3v) is 5.03. The van der Waals surface area contributed by atoms with Gasteiger partial charge in [0.1, 0.15) is 0 Å². The van der Waals surface area contributed by atoms with E-state index >= 15 is 0 Å². The molecule has 0 spiro atoms. The topological polar surface area (TPSA) is 55.9 Å². The molecule has 0 saturated carbocycles. The van der Waals surface area contributed by atoms with Gasteiger partial charge in [-0.2, -0.15) is 17.0 Å². The molecule has 108 valence electrons. The molecule has 1 rings (SSSR count). The van der Waals surface area contributed by atoms with Crippen LogP contribution in [0.5, 0.6) is 0 Å². The van der Waals surface area contributed by atoms with Crippen molar-refractivity contribution in [1.82, 2.24) is 18.8 Å². The zero-order valence-corrected chi connectivity index (χ0v) is 12.5. The Morgan fingerprint density at radius 3 is 2.22 bits per heavy atom. The highest BCUT2D eigenvalue weighted by Crippen LogP contribution is 2.10. The van der Waals surface area contributed by atoms with Gasteiger partial charge in [0.15, 0.2) is 0 Å². The lowest BCUT2D eigenvalue weighted by Crippen LogP contribution is -2.52. The fourth-order valence-electron chi connectivity index (χ4n) is 1.94. The van der Waals surface area contributed by atoms with Crippen molar-refractivity contribution in [2.45, 2.75) is 13.3 Å². The molecule has 0 aromatic heterocycles. The molecule has 0 unspecified atom stereocenters. The van der Waals surface area contributed by atoms with E-state index in [4.69, 9.17) is 0 Å². The van der Waals surface area contributed by atoms with Crippen molar-refractivity contribution in [3.63, 3.8) is 0 Å². The van der Waals surface area contributed by atoms with Crippen LogP contribution in [0.3, 0.4) is 0 Å². The fourth-order valence-corrected chi connectivity index (χ4v) is 3.64. The van der Waals surface area contributed by atoms with Crippen molar-refractivity contribution < 1.29 is 8.42 Å². The van der Waals surface area contributed by atoms with E-state index in [2.05, 4.69) is 5.32 Å². The summed E-state index contributed by atoms with van der Waals surface area (Å²) < 4.78 is 28.2. The van der Waals surface area contributed by atoms with Gasteiger partial charge in [0, 0.05) is 45.8 Å². The molecule has 1 heterocycles. The van der Waals surface area contributed by atoms with Gasteiger partial charge in [-0.3, -0.25) is 0 Å². The van der Waals surface area contributed by atoms with Crippen LogP contribution in [-0.4, -0.2) is 81.8 Å². The first-order valence-corrected chi connectivity index (χ1v) is 7.99. The molecule has 7 heteroatoms. The lowest BCUT2D eigenvalue weighted by Gasteiger charge is -2.32. The van der Waals surface area contributed by atoms with E-state index in [0.717, 1.165) is 26.1 Å². The number of piperazine rings is 1.